The van der Waals surface area contributed by atoms with E-state index >= 15 is 0 Å². The number of anilines is 1. The van der Waals surface area contributed by atoms with Crippen molar-refractivity contribution in [1.29, 1.82) is 0 Å². The van der Waals surface area contributed by atoms with Crippen LogP contribution in [0.25, 0.3) is 0 Å². The van der Waals surface area contributed by atoms with E-state index in [-0.39, 0.29) is 5.97 Å². The molecule has 0 aromatic carbocycles. The van der Waals surface area contributed by atoms with Gasteiger partial charge in [-0.05, 0) is 25.5 Å². The first-order valence-electron chi connectivity index (χ1n) is 5.15. The summed E-state index contributed by atoms with van der Waals surface area (Å²) in [6.45, 7) is 4.04. The molecule has 0 saturated carbocycles. The van der Waals surface area contributed by atoms with Crippen molar-refractivity contribution in [3.63, 3.8) is 0 Å². The van der Waals surface area contributed by atoms with Gasteiger partial charge in [0.15, 0.2) is 0 Å². The lowest BCUT2D eigenvalue weighted by atomic mass is 10.3. The molecule has 0 saturated heterocycles. The summed E-state index contributed by atoms with van der Waals surface area (Å²) in [5, 5.41) is 3.12. The molecule has 0 aliphatic rings. The number of pyridine rings is 1. The summed E-state index contributed by atoms with van der Waals surface area (Å²) in [6, 6.07) is 3.43. The Morgan fingerprint density at radius 1 is 1.56 bits per heavy atom. The fourth-order valence-electron chi connectivity index (χ4n) is 1.27. The maximum atomic E-state index is 11.2. The molecule has 0 unspecified atom stereocenters. The van der Waals surface area contributed by atoms with Crippen molar-refractivity contribution in [3.8, 4) is 0 Å². The van der Waals surface area contributed by atoms with Gasteiger partial charge in [0.05, 0.1) is 12.7 Å². The van der Waals surface area contributed by atoms with Gasteiger partial charge in [0.1, 0.15) is 5.82 Å². The molecule has 0 amide bonds. The van der Waals surface area contributed by atoms with E-state index in [1.54, 1.807) is 12.1 Å². The van der Waals surface area contributed by atoms with Crippen LogP contribution in [0.3, 0.4) is 0 Å². The Kier molecular flexibility index (Phi) is 4.51. The highest BCUT2D eigenvalue weighted by Crippen LogP contribution is 2.08. The highest BCUT2D eigenvalue weighted by molar-refractivity contribution is 5.89. The van der Waals surface area contributed by atoms with Gasteiger partial charge in [0, 0.05) is 11.9 Å². The van der Waals surface area contributed by atoms with Crippen molar-refractivity contribution in [1.82, 2.24) is 4.98 Å². The Labute approximate surface area is 95.3 Å². The lowest BCUT2D eigenvalue weighted by molar-refractivity contribution is 0.0600. The number of ether oxygens (including phenoxy) is 1. The summed E-state index contributed by atoms with van der Waals surface area (Å²) >= 11 is 0. The van der Waals surface area contributed by atoms with Gasteiger partial charge in [-0.3, -0.25) is 0 Å². The summed E-state index contributed by atoms with van der Waals surface area (Å²) < 4.78 is 4.59. The Morgan fingerprint density at radius 3 is 2.81 bits per heavy atom. The summed E-state index contributed by atoms with van der Waals surface area (Å²) in [5.74, 6) is 0.342. The van der Waals surface area contributed by atoms with Crippen molar-refractivity contribution < 1.29 is 9.53 Å². The molecule has 0 fully saturated rings. The molecule has 1 rings (SSSR count). The van der Waals surface area contributed by atoms with Gasteiger partial charge in [0.25, 0.3) is 0 Å². The predicted molar refractivity (Wildman–Crippen MR) is 63.2 cm³/mol. The average molecular weight is 220 g/mol. The first-order chi connectivity index (χ1) is 7.67. The molecule has 4 nitrogen and oxygen atoms in total. The zero-order valence-corrected chi connectivity index (χ0v) is 9.78. The molecule has 0 atom stereocenters. The summed E-state index contributed by atoms with van der Waals surface area (Å²) in [5.41, 5.74) is 1.49. The topological polar surface area (TPSA) is 51.2 Å². The monoisotopic (exact) mass is 220 g/mol. The number of hydrogen-bond donors (Lipinski definition) is 1. The van der Waals surface area contributed by atoms with Crippen LogP contribution in [0.5, 0.6) is 0 Å². The van der Waals surface area contributed by atoms with E-state index in [1.165, 1.54) is 13.3 Å². The van der Waals surface area contributed by atoms with Crippen LogP contribution in [0, 0.1) is 0 Å². The van der Waals surface area contributed by atoms with Crippen molar-refractivity contribution in [2.75, 3.05) is 12.4 Å². The van der Waals surface area contributed by atoms with E-state index in [4.69, 9.17) is 0 Å². The number of methoxy groups -OCH3 is 1. The first kappa shape index (κ1) is 12.2. The Morgan fingerprint density at radius 2 is 2.31 bits per heavy atom. The molecule has 1 heterocycles. The van der Waals surface area contributed by atoms with Gasteiger partial charge in [-0.2, -0.15) is 0 Å². The van der Waals surface area contributed by atoms with Crippen LogP contribution < -0.4 is 5.32 Å². The summed E-state index contributed by atoms with van der Waals surface area (Å²) in [6.07, 6.45) is 4.53. The third-order valence-corrected chi connectivity index (χ3v) is 2.02. The normalized spacial score (nSPS) is 11.1. The minimum Gasteiger partial charge on any atom is -0.465 e. The molecule has 1 N–H and O–H groups in total. The number of aromatic nitrogens is 1. The van der Waals surface area contributed by atoms with Gasteiger partial charge in [-0.15, -0.1) is 0 Å². The molecule has 0 spiro atoms. The van der Waals surface area contributed by atoms with Crippen LogP contribution in [-0.2, 0) is 4.74 Å². The molecule has 86 valence electrons. The number of hydrogen-bond acceptors (Lipinski definition) is 4. The van der Waals surface area contributed by atoms with Crippen LogP contribution in [0.4, 0.5) is 5.82 Å². The maximum absolute atomic E-state index is 11.2. The SMILES string of the molecule is CC/C=C(\C)Nc1ccc(C(=O)OC)cn1. The van der Waals surface area contributed by atoms with E-state index in [1.807, 2.05) is 6.92 Å². The molecule has 0 aliphatic heterocycles. The van der Waals surface area contributed by atoms with Gasteiger partial charge < -0.3 is 10.1 Å². The van der Waals surface area contributed by atoms with E-state index in [0.717, 1.165) is 17.9 Å². The van der Waals surface area contributed by atoms with Crippen LogP contribution in [0.2, 0.25) is 0 Å². The Hall–Kier alpha value is -1.84. The molecular weight excluding hydrogens is 204 g/mol. The molecule has 0 radical (unpaired) electrons. The second kappa shape index (κ2) is 5.90. The third kappa shape index (κ3) is 3.38. The van der Waals surface area contributed by atoms with Crippen molar-refractivity contribution in [3.05, 3.63) is 35.7 Å². The number of nitrogens with zero attached hydrogens (tertiary/aromatic N) is 1. The van der Waals surface area contributed by atoms with Gasteiger partial charge in [0.2, 0.25) is 0 Å². The average Bonchev–Trinajstić information content (AvgIpc) is 2.29. The number of carbonyl (C=O) groups excluding carboxylic acids is 1. The molecule has 4 heteroatoms. The van der Waals surface area contributed by atoms with E-state index in [0.29, 0.717) is 5.56 Å². The first-order valence-corrected chi connectivity index (χ1v) is 5.15. The van der Waals surface area contributed by atoms with Crippen LogP contribution in [-0.4, -0.2) is 18.1 Å². The number of rotatable bonds is 4. The molecular formula is C12H16N2O2. The fraction of sp³-hybridized carbons (Fsp3) is 0.333. The second-order valence-electron chi connectivity index (χ2n) is 3.34. The van der Waals surface area contributed by atoms with Crippen molar-refractivity contribution >= 4 is 11.8 Å². The predicted octanol–water partition coefficient (Wildman–Crippen LogP) is 2.59. The number of esters is 1. The van der Waals surface area contributed by atoms with E-state index < -0.39 is 0 Å². The summed E-state index contributed by atoms with van der Waals surface area (Å²) in [4.78, 5) is 15.3. The van der Waals surface area contributed by atoms with Crippen LogP contribution in [0.1, 0.15) is 30.6 Å². The number of allylic oxidation sites excluding steroid dienone is 2. The lowest BCUT2D eigenvalue weighted by Crippen LogP contribution is -2.03. The smallest absolute Gasteiger partial charge is 0.339 e. The van der Waals surface area contributed by atoms with Crippen LogP contribution in [0.15, 0.2) is 30.1 Å². The quantitative estimate of drug-likeness (QED) is 0.792. The lowest BCUT2D eigenvalue weighted by Gasteiger charge is -2.05. The molecule has 0 bridgehead atoms. The van der Waals surface area contributed by atoms with E-state index in [9.17, 15) is 4.79 Å². The number of nitrogens with one attached hydrogen (secondary N) is 1. The third-order valence-electron chi connectivity index (χ3n) is 2.02. The highest BCUT2D eigenvalue weighted by Gasteiger charge is 2.04. The van der Waals surface area contributed by atoms with Crippen molar-refractivity contribution in [2.45, 2.75) is 20.3 Å². The molecule has 1 aromatic heterocycles. The van der Waals surface area contributed by atoms with Crippen LogP contribution >= 0.6 is 0 Å². The van der Waals surface area contributed by atoms with Gasteiger partial charge >= 0.3 is 5.97 Å². The zero-order chi connectivity index (χ0) is 12.0. The minimum absolute atomic E-state index is 0.375. The zero-order valence-electron chi connectivity index (χ0n) is 9.78. The largest absolute Gasteiger partial charge is 0.465 e. The standard InChI is InChI=1S/C12H16N2O2/c1-4-5-9(2)14-11-7-6-10(8-13-11)12(15)16-3/h5-8H,4H2,1-3H3,(H,13,14)/b9-5+. The highest BCUT2D eigenvalue weighted by atomic mass is 16.5. The van der Waals surface area contributed by atoms with E-state index in [2.05, 4.69) is 28.0 Å². The second-order valence-corrected chi connectivity index (χ2v) is 3.34. The van der Waals surface area contributed by atoms with Gasteiger partial charge in [-0.1, -0.05) is 13.0 Å². The molecule has 0 aliphatic carbocycles. The van der Waals surface area contributed by atoms with Gasteiger partial charge in [-0.25, -0.2) is 9.78 Å². The molecule has 1 aromatic rings. The Balaban J connectivity index is 2.72. The molecule has 16 heavy (non-hydrogen) atoms. The van der Waals surface area contributed by atoms with Crippen molar-refractivity contribution in [2.24, 2.45) is 0 Å². The Bertz CT molecular complexity index is 383. The summed E-state index contributed by atoms with van der Waals surface area (Å²) in [7, 11) is 1.35. The number of carbonyl (C=O) groups is 1. The maximum Gasteiger partial charge on any atom is 0.339 e. The minimum atomic E-state index is -0.375. The fourth-order valence-corrected chi connectivity index (χ4v) is 1.27.